The number of rotatable bonds is 9. The van der Waals surface area contributed by atoms with E-state index < -0.39 is 0 Å². The summed E-state index contributed by atoms with van der Waals surface area (Å²) < 4.78 is 3.60. The summed E-state index contributed by atoms with van der Waals surface area (Å²) in [4.78, 5) is 0. The summed E-state index contributed by atoms with van der Waals surface area (Å²) in [6, 6.07) is 13.9. The molecule has 188 valence electrons. The van der Waals surface area contributed by atoms with Crippen molar-refractivity contribution in [2.45, 2.75) is 25.7 Å². The van der Waals surface area contributed by atoms with Gasteiger partial charge < -0.3 is 21.3 Å². The molecule has 0 bridgehead atoms. The van der Waals surface area contributed by atoms with Crippen LogP contribution in [-0.4, -0.2) is 36.9 Å². The van der Waals surface area contributed by atoms with Crippen molar-refractivity contribution in [2.75, 3.05) is 23.7 Å². The van der Waals surface area contributed by atoms with Gasteiger partial charge in [0.15, 0.2) is 17.9 Å². The molecule has 0 heterocycles. The number of nitrogens with one attached hydrogen (secondary N) is 9. The Kier molecular flexibility index (Phi) is 12.5. The zero-order chi connectivity index (χ0) is 25.5. The highest BCUT2D eigenvalue weighted by Gasteiger charge is 2.04. The van der Waals surface area contributed by atoms with E-state index in [2.05, 4.69) is 36.4 Å². The quantitative estimate of drug-likeness (QED) is 0.127. The van der Waals surface area contributed by atoms with Gasteiger partial charge in [0.05, 0.1) is 0 Å². The summed E-state index contributed by atoms with van der Waals surface area (Å²) in [5.41, 5.74) is 1.42. The van der Waals surface area contributed by atoms with E-state index in [1.54, 1.807) is 48.5 Å². The number of hydrogen-bond acceptors (Lipinski definition) is 4. The van der Waals surface area contributed by atoms with E-state index in [9.17, 15) is 0 Å². The second-order valence-electron chi connectivity index (χ2n) is 7.34. The predicted octanol–water partition coefficient (Wildman–Crippen LogP) is 4.75. The molecule has 0 saturated carbocycles. The van der Waals surface area contributed by atoms with Crippen molar-refractivity contribution in [1.82, 2.24) is 21.3 Å². The third-order valence-electron chi connectivity index (χ3n) is 4.50. The Hall–Kier alpha value is -3.21. The lowest BCUT2D eigenvalue weighted by atomic mass is 10.2. The number of hydrogen-bond donors (Lipinski definition) is 9. The Bertz CT molecular complexity index is 994. The van der Waals surface area contributed by atoms with Crippen LogP contribution in [0, 0.1) is 16.2 Å². The molecule has 0 saturated heterocycles. The molecule has 0 spiro atoms. The van der Waals surface area contributed by atoms with E-state index in [0.717, 1.165) is 25.7 Å². The van der Waals surface area contributed by atoms with Crippen LogP contribution in [0.25, 0.3) is 0 Å². The van der Waals surface area contributed by atoms with Gasteiger partial charge in [-0.05, 0) is 61.4 Å². The SMILES string of the molecule is N=C(NCCCCCCNC(=NCl)NC(=N)Nc1ccc(Cl)cc1)NC(=N)Nc1ccc(Cl)cc1. The minimum absolute atomic E-state index is 0.00212. The molecule has 2 aromatic rings. The Morgan fingerprint density at radius 1 is 0.629 bits per heavy atom. The molecule has 35 heavy (non-hydrogen) atoms. The first kappa shape index (κ1) is 28.0. The molecule has 0 fully saturated rings. The molecule has 0 amide bonds. The zero-order valence-corrected chi connectivity index (χ0v) is 21.2. The second-order valence-corrected chi connectivity index (χ2v) is 8.38. The molecule has 0 aromatic heterocycles. The number of unbranched alkanes of at least 4 members (excludes halogenated alkanes) is 3. The minimum atomic E-state index is -0.00212. The highest BCUT2D eigenvalue weighted by molar-refractivity contribution is 6.31. The van der Waals surface area contributed by atoms with Gasteiger partial charge in [-0.2, -0.15) is 0 Å². The first-order valence-corrected chi connectivity index (χ1v) is 12.0. The van der Waals surface area contributed by atoms with Crippen molar-refractivity contribution in [3.8, 4) is 0 Å². The van der Waals surface area contributed by atoms with Gasteiger partial charge in [-0.3, -0.25) is 26.9 Å². The summed E-state index contributed by atoms with van der Waals surface area (Å²) in [5.74, 6) is 0.367. The Morgan fingerprint density at radius 2 is 1.09 bits per heavy atom. The molecule has 13 heteroatoms. The lowest BCUT2D eigenvalue weighted by Crippen LogP contribution is -2.43. The summed E-state index contributed by atoms with van der Waals surface area (Å²) >= 11 is 17.3. The van der Waals surface area contributed by atoms with Gasteiger partial charge in [-0.15, -0.1) is 4.51 Å². The van der Waals surface area contributed by atoms with E-state index in [1.165, 1.54) is 0 Å². The third kappa shape index (κ3) is 12.2. The molecule has 0 aliphatic rings. The zero-order valence-electron chi connectivity index (χ0n) is 18.9. The van der Waals surface area contributed by atoms with Gasteiger partial charge >= 0.3 is 0 Å². The fraction of sp³-hybridized carbons (Fsp3) is 0.273. The van der Waals surface area contributed by atoms with Gasteiger partial charge in [0.1, 0.15) is 0 Å². The standard InChI is InChI=1S/C22H29Cl3N10/c23-15-5-9-17(10-6-15)31-20(27)33-19(26)29-13-3-1-2-4-14-30-22(35-25)34-21(28)32-18-11-7-16(24)8-12-18/h5-12H,1-4,13-14H2,(H5,26,27,29,31,33)(H4,28,30,32,34,35). The average molecular weight is 540 g/mol. The number of anilines is 2. The Morgan fingerprint density at radius 3 is 1.57 bits per heavy atom. The Balaban J connectivity index is 1.50. The van der Waals surface area contributed by atoms with E-state index in [1.807, 2.05) is 0 Å². The monoisotopic (exact) mass is 538 g/mol. The van der Waals surface area contributed by atoms with Gasteiger partial charge in [0, 0.05) is 46.3 Å². The van der Waals surface area contributed by atoms with Crippen LogP contribution < -0.4 is 31.9 Å². The van der Waals surface area contributed by atoms with Crippen LogP contribution in [0.4, 0.5) is 11.4 Å². The van der Waals surface area contributed by atoms with Crippen molar-refractivity contribution in [3.05, 3.63) is 58.6 Å². The van der Waals surface area contributed by atoms with Gasteiger partial charge in [-0.25, -0.2) is 0 Å². The number of benzene rings is 2. The molecule has 2 aromatic carbocycles. The maximum atomic E-state index is 7.96. The van der Waals surface area contributed by atoms with E-state index in [0.29, 0.717) is 34.5 Å². The maximum Gasteiger partial charge on any atom is 0.215 e. The third-order valence-corrected chi connectivity index (χ3v) is 5.18. The van der Waals surface area contributed by atoms with Gasteiger partial charge in [0.2, 0.25) is 5.96 Å². The molecule has 0 aliphatic carbocycles. The molecule has 2 rings (SSSR count). The van der Waals surface area contributed by atoms with Crippen molar-refractivity contribution in [2.24, 2.45) is 4.51 Å². The van der Waals surface area contributed by atoms with Gasteiger partial charge in [0.25, 0.3) is 0 Å². The molecule has 9 N–H and O–H groups in total. The Labute approximate surface area is 219 Å². The van der Waals surface area contributed by atoms with Crippen molar-refractivity contribution >= 4 is 70.2 Å². The molecular weight excluding hydrogens is 511 g/mol. The van der Waals surface area contributed by atoms with Crippen LogP contribution in [0.1, 0.15) is 25.7 Å². The van der Waals surface area contributed by atoms with Crippen molar-refractivity contribution < 1.29 is 0 Å². The minimum Gasteiger partial charge on any atom is -0.356 e. The van der Waals surface area contributed by atoms with Gasteiger partial charge in [-0.1, -0.05) is 36.0 Å². The topological polar surface area (TPSA) is 156 Å². The van der Waals surface area contributed by atoms with Crippen LogP contribution in [0.15, 0.2) is 53.0 Å². The highest BCUT2D eigenvalue weighted by atomic mass is 35.5. The second kappa shape index (κ2) is 15.6. The molecular formula is C22H29Cl3N10. The van der Waals surface area contributed by atoms with Crippen LogP contribution >= 0.6 is 35.0 Å². The van der Waals surface area contributed by atoms with Crippen LogP contribution in [-0.2, 0) is 0 Å². The highest BCUT2D eigenvalue weighted by Crippen LogP contribution is 2.13. The first-order chi connectivity index (χ1) is 16.9. The van der Waals surface area contributed by atoms with Crippen molar-refractivity contribution in [3.63, 3.8) is 0 Å². The number of halogens is 3. The summed E-state index contributed by atoms with van der Waals surface area (Å²) in [5, 5.41) is 42.1. The summed E-state index contributed by atoms with van der Waals surface area (Å²) in [7, 11) is 0. The van der Waals surface area contributed by atoms with Crippen LogP contribution in [0.2, 0.25) is 10.0 Å². The molecule has 0 radical (unpaired) electrons. The fourth-order valence-corrected chi connectivity index (χ4v) is 3.18. The normalized spacial score (nSPS) is 10.8. The lowest BCUT2D eigenvalue weighted by Gasteiger charge is -2.13. The molecule has 10 nitrogen and oxygen atoms in total. The van der Waals surface area contributed by atoms with E-state index in [-0.39, 0.29) is 23.8 Å². The predicted molar refractivity (Wildman–Crippen MR) is 147 cm³/mol. The van der Waals surface area contributed by atoms with E-state index >= 15 is 0 Å². The van der Waals surface area contributed by atoms with Crippen molar-refractivity contribution in [1.29, 1.82) is 16.2 Å². The first-order valence-electron chi connectivity index (χ1n) is 10.9. The maximum absolute atomic E-state index is 7.96. The van der Waals surface area contributed by atoms with Crippen LogP contribution in [0.5, 0.6) is 0 Å². The summed E-state index contributed by atoms with van der Waals surface area (Å²) in [6.45, 7) is 1.27. The lowest BCUT2D eigenvalue weighted by molar-refractivity contribution is 0.620. The van der Waals surface area contributed by atoms with E-state index in [4.69, 9.17) is 51.2 Å². The molecule has 0 unspecified atom stereocenters. The largest absolute Gasteiger partial charge is 0.356 e. The molecule has 0 aliphatic heterocycles. The smallest absolute Gasteiger partial charge is 0.215 e. The molecule has 0 atom stereocenters. The average Bonchev–Trinajstić information content (AvgIpc) is 2.82. The number of nitrogens with zero attached hydrogens (tertiary/aromatic N) is 1. The number of guanidine groups is 4. The fourth-order valence-electron chi connectivity index (χ4n) is 2.82. The van der Waals surface area contributed by atoms with Crippen LogP contribution in [0.3, 0.4) is 0 Å². The summed E-state index contributed by atoms with van der Waals surface area (Å²) in [6.07, 6.45) is 3.71.